The van der Waals surface area contributed by atoms with Gasteiger partial charge in [0, 0.05) is 37.0 Å². The fourth-order valence-corrected chi connectivity index (χ4v) is 6.16. The minimum absolute atomic E-state index is 0.121. The van der Waals surface area contributed by atoms with Gasteiger partial charge < -0.3 is 9.33 Å². The number of nitrogens with zero attached hydrogens (tertiary/aromatic N) is 5. The van der Waals surface area contributed by atoms with Gasteiger partial charge in [-0.1, -0.05) is 32.4 Å². The SMILES string of the molecule is CC(C)(C)[Si](C)(C)OC1CCN(C(=O)N2C(Cl)=CC=NC2c2cnn3ccsc23)CC1. The number of hydrogen-bond donors (Lipinski definition) is 0. The van der Waals surface area contributed by atoms with E-state index in [4.69, 9.17) is 16.0 Å². The van der Waals surface area contributed by atoms with Crippen molar-refractivity contribution in [2.24, 2.45) is 4.99 Å². The zero-order valence-corrected chi connectivity index (χ0v) is 21.3. The Hall–Kier alpha value is -1.68. The first-order valence-electron chi connectivity index (χ1n) is 10.6. The highest BCUT2D eigenvalue weighted by Gasteiger charge is 2.41. The number of thiazole rings is 1. The van der Waals surface area contributed by atoms with Gasteiger partial charge in [-0.3, -0.25) is 9.89 Å². The van der Waals surface area contributed by atoms with Crippen molar-refractivity contribution in [2.75, 3.05) is 13.1 Å². The summed E-state index contributed by atoms with van der Waals surface area (Å²) in [7, 11) is -1.82. The summed E-state index contributed by atoms with van der Waals surface area (Å²) in [6.07, 6.45) is 8.35. The Morgan fingerprint density at radius 1 is 1.29 bits per heavy atom. The van der Waals surface area contributed by atoms with E-state index in [-0.39, 0.29) is 17.2 Å². The number of carbonyl (C=O) groups is 1. The van der Waals surface area contributed by atoms with Crippen LogP contribution in [-0.4, -0.2) is 59.2 Å². The van der Waals surface area contributed by atoms with Gasteiger partial charge in [-0.15, -0.1) is 11.3 Å². The third-order valence-corrected chi connectivity index (χ3v) is 12.3. The van der Waals surface area contributed by atoms with Gasteiger partial charge in [0.2, 0.25) is 0 Å². The summed E-state index contributed by atoms with van der Waals surface area (Å²) >= 11 is 8.08. The first-order valence-corrected chi connectivity index (χ1v) is 14.8. The van der Waals surface area contributed by atoms with E-state index in [0.717, 1.165) is 23.2 Å². The molecule has 4 rings (SSSR count). The summed E-state index contributed by atoms with van der Waals surface area (Å²) < 4.78 is 8.37. The van der Waals surface area contributed by atoms with E-state index in [1.54, 1.807) is 39.2 Å². The molecule has 31 heavy (non-hydrogen) atoms. The number of carbonyl (C=O) groups excluding carboxylic acids is 1. The maximum absolute atomic E-state index is 13.5. The van der Waals surface area contributed by atoms with Crippen LogP contribution in [0.25, 0.3) is 4.83 Å². The fraction of sp³-hybridized carbons (Fsp3) is 0.571. The first kappa shape index (κ1) is 22.5. The molecule has 1 saturated heterocycles. The van der Waals surface area contributed by atoms with Gasteiger partial charge >= 0.3 is 6.03 Å². The minimum Gasteiger partial charge on any atom is -0.414 e. The van der Waals surface area contributed by atoms with E-state index in [1.807, 2.05) is 16.5 Å². The number of allylic oxidation sites excluding steroid dienone is 1. The lowest BCUT2D eigenvalue weighted by molar-refractivity contribution is 0.0873. The van der Waals surface area contributed by atoms with Gasteiger partial charge in [0.25, 0.3) is 0 Å². The van der Waals surface area contributed by atoms with E-state index < -0.39 is 14.5 Å². The monoisotopic (exact) mass is 479 g/mol. The molecule has 2 amide bonds. The number of aromatic nitrogens is 2. The van der Waals surface area contributed by atoms with Crippen molar-refractivity contribution in [1.82, 2.24) is 19.4 Å². The average Bonchev–Trinajstić information content (AvgIpc) is 3.30. The van der Waals surface area contributed by atoms with Crippen molar-refractivity contribution in [1.29, 1.82) is 0 Å². The van der Waals surface area contributed by atoms with Crippen molar-refractivity contribution in [3.8, 4) is 0 Å². The van der Waals surface area contributed by atoms with E-state index in [9.17, 15) is 4.79 Å². The second kappa shape index (κ2) is 8.35. The van der Waals surface area contributed by atoms with Crippen molar-refractivity contribution in [3.05, 3.63) is 34.6 Å². The van der Waals surface area contributed by atoms with Crippen LogP contribution in [0.1, 0.15) is 45.3 Å². The number of halogens is 1. The first-order chi connectivity index (χ1) is 14.6. The molecule has 0 aromatic carbocycles. The Kier molecular flexibility index (Phi) is 6.06. The third-order valence-electron chi connectivity index (χ3n) is 6.54. The van der Waals surface area contributed by atoms with Crippen LogP contribution in [0.5, 0.6) is 0 Å². The molecular formula is C21H30ClN5O2SSi. The van der Waals surface area contributed by atoms with Gasteiger partial charge in [-0.2, -0.15) is 5.10 Å². The number of urea groups is 1. The summed E-state index contributed by atoms with van der Waals surface area (Å²) in [6.45, 7) is 12.6. The topological polar surface area (TPSA) is 62.4 Å². The maximum Gasteiger partial charge on any atom is 0.327 e. The Bertz CT molecular complexity index is 1020. The van der Waals surface area contributed by atoms with Gasteiger partial charge in [0.1, 0.15) is 9.99 Å². The van der Waals surface area contributed by atoms with Crippen LogP contribution in [-0.2, 0) is 4.43 Å². The van der Waals surface area contributed by atoms with Gasteiger partial charge in [0.15, 0.2) is 14.5 Å². The number of hydrogen-bond acceptors (Lipinski definition) is 5. The number of fused-ring (bicyclic) bond motifs is 1. The molecule has 2 aromatic heterocycles. The molecule has 2 aliphatic heterocycles. The van der Waals surface area contributed by atoms with Gasteiger partial charge in [-0.05, 0) is 37.0 Å². The van der Waals surface area contributed by atoms with Gasteiger partial charge in [0.05, 0.1) is 11.8 Å². The largest absolute Gasteiger partial charge is 0.414 e. The molecular weight excluding hydrogens is 450 g/mol. The van der Waals surface area contributed by atoms with Crippen LogP contribution in [0.3, 0.4) is 0 Å². The van der Waals surface area contributed by atoms with E-state index in [1.165, 1.54) is 0 Å². The predicted molar refractivity (Wildman–Crippen MR) is 128 cm³/mol. The molecule has 0 spiro atoms. The van der Waals surface area contributed by atoms with Crippen LogP contribution in [0.2, 0.25) is 18.1 Å². The van der Waals surface area contributed by atoms with Crippen LogP contribution >= 0.6 is 22.9 Å². The normalized spacial score (nSPS) is 21.1. The van der Waals surface area contributed by atoms with Gasteiger partial charge in [-0.25, -0.2) is 9.31 Å². The molecule has 1 unspecified atom stereocenters. The van der Waals surface area contributed by atoms with Crippen molar-refractivity contribution in [3.63, 3.8) is 0 Å². The highest BCUT2D eigenvalue weighted by atomic mass is 35.5. The lowest BCUT2D eigenvalue weighted by Gasteiger charge is -2.43. The number of piperidine rings is 1. The second-order valence-electron chi connectivity index (χ2n) is 9.63. The second-order valence-corrected chi connectivity index (χ2v) is 15.7. The molecule has 1 fully saturated rings. The highest BCUT2D eigenvalue weighted by molar-refractivity contribution is 7.15. The summed E-state index contributed by atoms with van der Waals surface area (Å²) in [5.74, 6) is 0. The molecule has 2 aromatic rings. The van der Waals surface area contributed by atoms with Crippen LogP contribution in [0.15, 0.2) is 34.0 Å². The Morgan fingerprint density at radius 3 is 2.68 bits per heavy atom. The van der Waals surface area contributed by atoms with Crippen molar-refractivity contribution < 1.29 is 9.22 Å². The maximum atomic E-state index is 13.5. The molecule has 0 saturated carbocycles. The van der Waals surface area contributed by atoms with Crippen molar-refractivity contribution in [2.45, 2.75) is 64.0 Å². The Morgan fingerprint density at radius 2 is 2.00 bits per heavy atom. The summed E-state index contributed by atoms with van der Waals surface area (Å²) in [4.78, 5) is 22.5. The molecule has 1 atom stereocenters. The summed E-state index contributed by atoms with van der Waals surface area (Å²) in [5.41, 5.74) is 0.877. The zero-order chi connectivity index (χ0) is 22.4. The fourth-order valence-electron chi connectivity index (χ4n) is 3.70. The summed E-state index contributed by atoms with van der Waals surface area (Å²) in [6, 6.07) is -0.121. The quantitative estimate of drug-likeness (QED) is 0.433. The average molecular weight is 480 g/mol. The molecule has 0 N–H and O–H groups in total. The lowest BCUT2D eigenvalue weighted by Crippen LogP contribution is -2.51. The molecule has 0 bridgehead atoms. The summed E-state index contributed by atoms with van der Waals surface area (Å²) in [5, 5.41) is 6.89. The van der Waals surface area contributed by atoms with E-state index >= 15 is 0 Å². The molecule has 10 heteroatoms. The zero-order valence-electron chi connectivity index (χ0n) is 18.7. The number of likely N-dealkylation sites (tertiary alicyclic amines) is 1. The molecule has 7 nitrogen and oxygen atoms in total. The predicted octanol–water partition coefficient (Wildman–Crippen LogP) is 5.47. The van der Waals surface area contributed by atoms with Crippen LogP contribution in [0.4, 0.5) is 4.79 Å². The Labute approximate surface area is 193 Å². The number of aliphatic imine (C=N–C) groups is 1. The smallest absolute Gasteiger partial charge is 0.327 e. The van der Waals surface area contributed by atoms with E-state index in [0.29, 0.717) is 18.2 Å². The number of amides is 2. The molecule has 0 aliphatic carbocycles. The molecule has 168 valence electrons. The lowest BCUT2D eigenvalue weighted by atomic mass is 10.1. The number of rotatable bonds is 3. The van der Waals surface area contributed by atoms with Crippen molar-refractivity contribution >= 4 is 48.3 Å². The molecule has 4 heterocycles. The third kappa shape index (κ3) is 4.33. The minimum atomic E-state index is -1.82. The van der Waals surface area contributed by atoms with E-state index in [2.05, 4.69) is 44.0 Å². The van der Waals surface area contributed by atoms with Crippen LogP contribution < -0.4 is 0 Å². The standard InChI is InChI=1S/C21H30ClN5O2SSi/c1-21(2,3)31(4,5)29-15-7-10-25(11-8-15)20(28)27-17(22)6-9-23-18(27)16-14-24-26-12-13-30-19(16)26/h6,9,12-15,18H,7-8,10-11H2,1-5H3. The van der Waals surface area contributed by atoms with Crippen LogP contribution in [0, 0.1) is 0 Å². The molecule has 0 radical (unpaired) electrons. The molecule has 2 aliphatic rings. The Balaban J connectivity index is 1.47. The highest BCUT2D eigenvalue weighted by Crippen LogP contribution is 2.39.